The first kappa shape index (κ1) is 14.5. The van der Waals surface area contributed by atoms with Crippen molar-refractivity contribution < 1.29 is 18.3 Å². The van der Waals surface area contributed by atoms with Crippen molar-refractivity contribution in [2.75, 3.05) is 0 Å². The predicted molar refractivity (Wildman–Crippen MR) is 66.5 cm³/mol. The average molecular weight is 285 g/mol. The average Bonchev–Trinajstić information content (AvgIpc) is 2.87. The van der Waals surface area contributed by atoms with Crippen molar-refractivity contribution in [3.63, 3.8) is 0 Å². The van der Waals surface area contributed by atoms with Gasteiger partial charge >= 0.3 is 6.18 Å². The Balaban J connectivity index is 2.07. The third-order valence-corrected chi connectivity index (χ3v) is 2.92. The smallest absolute Gasteiger partial charge is 0.386 e. The lowest BCUT2D eigenvalue weighted by Crippen LogP contribution is -2.10. The van der Waals surface area contributed by atoms with E-state index in [2.05, 4.69) is 5.10 Å². The topological polar surface area (TPSA) is 64.1 Å². The molecular weight excluding hydrogens is 271 g/mol. The van der Waals surface area contributed by atoms with Crippen molar-refractivity contribution in [1.29, 1.82) is 0 Å². The van der Waals surface area contributed by atoms with Gasteiger partial charge in [0, 0.05) is 12.7 Å². The molecule has 0 aliphatic rings. The summed E-state index contributed by atoms with van der Waals surface area (Å²) in [5.74, 6) is 0. The van der Waals surface area contributed by atoms with Crippen molar-refractivity contribution in [2.24, 2.45) is 5.73 Å². The molecule has 0 amide bonds. The molecule has 1 heterocycles. The molecule has 108 valence electrons. The Hall–Kier alpha value is -1.86. The van der Waals surface area contributed by atoms with Crippen LogP contribution < -0.4 is 5.73 Å². The summed E-state index contributed by atoms with van der Waals surface area (Å²) in [6, 6.07) is 6.92. The highest BCUT2D eigenvalue weighted by Gasteiger charge is 2.32. The van der Waals surface area contributed by atoms with E-state index in [4.69, 9.17) is 5.73 Å². The fourth-order valence-corrected chi connectivity index (χ4v) is 1.77. The van der Waals surface area contributed by atoms with Gasteiger partial charge in [0.15, 0.2) is 0 Å². The molecule has 0 bridgehead atoms. The van der Waals surface area contributed by atoms with Gasteiger partial charge in [0.2, 0.25) is 0 Å². The molecule has 2 aromatic rings. The van der Waals surface area contributed by atoms with Gasteiger partial charge in [0.25, 0.3) is 0 Å². The number of aliphatic hydroxyl groups is 1. The van der Waals surface area contributed by atoms with Gasteiger partial charge in [-0.05, 0) is 11.1 Å². The summed E-state index contributed by atoms with van der Waals surface area (Å²) >= 11 is 0. The van der Waals surface area contributed by atoms with E-state index < -0.39 is 17.8 Å². The van der Waals surface area contributed by atoms with Gasteiger partial charge in [-0.3, -0.25) is 4.68 Å². The van der Waals surface area contributed by atoms with Gasteiger partial charge in [0.1, 0.15) is 0 Å². The van der Waals surface area contributed by atoms with Crippen LogP contribution in [0.4, 0.5) is 13.2 Å². The van der Waals surface area contributed by atoms with Crippen LogP contribution in [0.25, 0.3) is 0 Å². The molecule has 0 spiro atoms. The lowest BCUT2D eigenvalue weighted by Gasteiger charge is -2.11. The molecule has 0 aliphatic heterocycles. The van der Waals surface area contributed by atoms with E-state index in [0.717, 1.165) is 22.6 Å². The molecule has 0 radical (unpaired) electrons. The van der Waals surface area contributed by atoms with Crippen LogP contribution in [0.15, 0.2) is 36.7 Å². The van der Waals surface area contributed by atoms with Crippen LogP contribution in [0.3, 0.4) is 0 Å². The summed E-state index contributed by atoms with van der Waals surface area (Å²) in [6.07, 6.45) is -3.74. The van der Waals surface area contributed by atoms with Crippen LogP contribution in [0.5, 0.6) is 0 Å². The normalized spacial score (nSPS) is 13.4. The first-order valence-corrected chi connectivity index (χ1v) is 5.97. The number of halogens is 3. The first-order chi connectivity index (χ1) is 9.40. The zero-order chi connectivity index (χ0) is 14.8. The second-order valence-electron chi connectivity index (χ2n) is 4.41. The molecule has 3 N–H and O–H groups in total. The predicted octanol–water partition coefficient (Wildman–Crippen LogP) is 2.09. The molecule has 7 heteroatoms. The number of aliphatic hydroxyl groups excluding tert-OH is 1. The van der Waals surface area contributed by atoms with Gasteiger partial charge in [-0.25, -0.2) is 0 Å². The van der Waals surface area contributed by atoms with E-state index in [-0.39, 0.29) is 6.54 Å². The molecule has 1 atom stereocenters. The number of alkyl halides is 3. The lowest BCUT2D eigenvalue weighted by atomic mass is 10.1. The van der Waals surface area contributed by atoms with Crippen molar-refractivity contribution in [1.82, 2.24) is 9.78 Å². The molecule has 1 aromatic carbocycles. The first-order valence-electron chi connectivity index (χ1n) is 5.97. The SMILES string of the molecule is NCc1ccc(C(O)Cn2cc(C(F)(F)F)cn2)cc1. The highest BCUT2D eigenvalue weighted by molar-refractivity contribution is 5.24. The monoisotopic (exact) mass is 285 g/mol. The van der Waals surface area contributed by atoms with E-state index in [1.807, 2.05) is 0 Å². The third kappa shape index (κ3) is 3.37. The molecule has 0 aliphatic carbocycles. The maximum atomic E-state index is 12.4. The summed E-state index contributed by atoms with van der Waals surface area (Å²) in [5.41, 5.74) is 6.15. The minimum atomic E-state index is -4.42. The largest absolute Gasteiger partial charge is 0.419 e. The van der Waals surface area contributed by atoms with Crippen molar-refractivity contribution >= 4 is 0 Å². The van der Waals surface area contributed by atoms with E-state index in [0.29, 0.717) is 12.1 Å². The van der Waals surface area contributed by atoms with Crippen molar-refractivity contribution in [3.8, 4) is 0 Å². The second kappa shape index (κ2) is 5.64. The van der Waals surface area contributed by atoms with Gasteiger partial charge in [-0.2, -0.15) is 18.3 Å². The van der Waals surface area contributed by atoms with Crippen molar-refractivity contribution in [3.05, 3.63) is 53.3 Å². The van der Waals surface area contributed by atoms with Gasteiger partial charge in [-0.1, -0.05) is 24.3 Å². The minimum absolute atomic E-state index is 0.0436. The van der Waals surface area contributed by atoms with Crippen LogP contribution in [0.1, 0.15) is 22.8 Å². The summed E-state index contributed by atoms with van der Waals surface area (Å²) in [7, 11) is 0. The Bertz CT molecular complexity index is 563. The summed E-state index contributed by atoms with van der Waals surface area (Å²) < 4.78 is 38.3. The van der Waals surface area contributed by atoms with Crippen LogP contribution in [-0.2, 0) is 19.3 Å². The maximum absolute atomic E-state index is 12.4. The molecule has 0 saturated heterocycles. The number of nitrogens with zero attached hydrogens (tertiary/aromatic N) is 2. The molecule has 0 saturated carbocycles. The second-order valence-corrected chi connectivity index (χ2v) is 4.41. The van der Waals surface area contributed by atoms with E-state index in [9.17, 15) is 18.3 Å². The molecule has 2 rings (SSSR count). The highest BCUT2D eigenvalue weighted by Crippen LogP contribution is 2.28. The number of hydrogen-bond donors (Lipinski definition) is 2. The summed E-state index contributed by atoms with van der Waals surface area (Å²) in [6.45, 7) is 0.350. The Kier molecular flexibility index (Phi) is 4.10. The van der Waals surface area contributed by atoms with E-state index in [1.54, 1.807) is 24.3 Å². The fourth-order valence-electron chi connectivity index (χ4n) is 1.77. The third-order valence-electron chi connectivity index (χ3n) is 2.92. The molecule has 1 aromatic heterocycles. The Labute approximate surface area is 113 Å². The Morgan fingerprint density at radius 3 is 2.40 bits per heavy atom. The summed E-state index contributed by atoms with van der Waals surface area (Å²) in [5, 5.41) is 13.6. The quantitative estimate of drug-likeness (QED) is 0.904. The highest BCUT2D eigenvalue weighted by atomic mass is 19.4. The van der Waals surface area contributed by atoms with E-state index >= 15 is 0 Å². The van der Waals surface area contributed by atoms with Crippen LogP contribution in [0.2, 0.25) is 0 Å². The molecule has 4 nitrogen and oxygen atoms in total. The van der Waals surface area contributed by atoms with Gasteiger partial charge in [-0.15, -0.1) is 0 Å². The molecule has 1 unspecified atom stereocenters. The standard InChI is InChI=1S/C13H14F3N3O/c14-13(15,16)11-6-18-19(7-11)8-12(20)10-3-1-9(5-17)2-4-10/h1-4,6-7,12,20H,5,8,17H2. The van der Waals surface area contributed by atoms with Gasteiger partial charge in [0.05, 0.1) is 24.4 Å². The Morgan fingerprint density at radius 2 is 1.90 bits per heavy atom. The van der Waals surface area contributed by atoms with E-state index in [1.165, 1.54) is 0 Å². The van der Waals surface area contributed by atoms with Crippen LogP contribution in [-0.4, -0.2) is 14.9 Å². The van der Waals surface area contributed by atoms with Gasteiger partial charge < -0.3 is 10.8 Å². The lowest BCUT2D eigenvalue weighted by molar-refractivity contribution is -0.137. The number of benzene rings is 1. The maximum Gasteiger partial charge on any atom is 0.419 e. The Morgan fingerprint density at radius 1 is 1.25 bits per heavy atom. The number of hydrogen-bond acceptors (Lipinski definition) is 3. The molecule has 20 heavy (non-hydrogen) atoms. The fraction of sp³-hybridized carbons (Fsp3) is 0.308. The summed E-state index contributed by atoms with van der Waals surface area (Å²) in [4.78, 5) is 0. The number of nitrogens with two attached hydrogens (primary N) is 1. The number of rotatable bonds is 4. The molecular formula is C13H14F3N3O. The van der Waals surface area contributed by atoms with Crippen molar-refractivity contribution in [2.45, 2.75) is 25.4 Å². The minimum Gasteiger partial charge on any atom is -0.386 e. The number of aromatic nitrogens is 2. The zero-order valence-corrected chi connectivity index (χ0v) is 10.5. The van der Waals surface area contributed by atoms with Crippen LogP contribution >= 0.6 is 0 Å². The molecule has 0 fully saturated rings. The zero-order valence-electron chi connectivity index (χ0n) is 10.5. The van der Waals surface area contributed by atoms with Crippen LogP contribution in [0, 0.1) is 0 Å².